The highest BCUT2D eigenvalue weighted by Crippen LogP contribution is 2.36. The van der Waals surface area contributed by atoms with E-state index in [-0.39, 0.29) is 17.8 Å². The number of carbonyl (C=O) groups is 1. The summed E-state index contributed by atoms with van der Waals surface area (Å²) in [6, 6.07) is 12.9. The average molecular weight is 547 g/mol. The average Bonchev–Trinajstić information content (AvgIpc) is 3.62. The van der Waals surface area contributed by atoms with Gasteiger partial charge in [-0.05, 0) is 54.8 Å². The van der Waals surface area contributed by atoms with Crippen molar-refractivity contribution in [1.29, 1.82) is 0 Å². The first kappa shape index (κ1) is 27.0. The van der Waals surface area contributed by atoms with Crippen LogP contribution >= 0.6 is 0 Å². The highest BCUT2D eigenvalue weighted by atomic mass is 28.3. The van der Waals surface area contributed by atoms with Crippen LogP contribution in [0.5, 0.6) is 5.75 Å². The molecule has 1 amide bonds. The molecule has 2 aromatic carbocycles. The predicted octanol–water partition coefficient (Wildman–Crippen LogP) is 6.36. The number of benzene rings is 2. The van der Waals surface area contributed by atoms with Gasteiger partial charge in [0, 0.05) is 62.7 Å². The van der Waals surface area contributed by atoms with E-state index in [9.17, 15) is 9.18 Å². The maximum absolute atomic E-state index is 13.9. The Balaban J connectivity index is 1.35. The Morgan fingerprint density at radius 2 is 1.95 bits per heavy atom. The molecule has 1 aliphatic rings. The van der Waals surface area contributed by atoms with Crippen LogP contribution in [-0.4, -0.2) is 53.4 Å². The lowest BCUT2D eigenvalue weighted by atomic mass is 10.0. The minimum atomic E-state index is -1.18. The van der Waals surface area contributed by atoms with Gasteiger partial charge in [-0.1, -0.05) is 31.8 Å². The summed E-state index contributed by atoms with van der Waals surface area (Å²) in [6.07, 6.45) is 7.43. The molecule has 4 aromatic rings. The molecule has 2 aromatic heterocycles. The molecule has 204 valence electrons. The summed E-state index contributed by atoms with van der Waals surface area (Å²) >= 11 is 0. The Kier molecular flexibility index (Phi) is 7.81. The number of nitrogens with zero attached hydrogens (tertiary/aromatic N) is 4. The lowest BCUT2D eigenvalue weighted by molar-refractivity contribution is 0.0781. The first-order chi connectivity index (χ1) is 18.7. The zero-order valence-electron chi connectivity index (χ0n) is 23.0. The third-order valence-electron chi connectivity index (χ3n) is 6.76. The summed E-state index contributed by atoms with van der Waals surface area (Å²) in [5.74, 6) is 0.142. The first-order valence-corrected chi connectivity index (χ1v) is 17.1. The normalized spacial score (nSPS) is 13.6. The van der Waals surface area contributed by atoms with Crippen LogP contribution in [0.4, 0.5) is 4.39 Å². The van der Waals surface area contributed by atoms with Crippen molar-refractivity contribution in [3.05, 3.63) is 78.0 Å². The zero-order valence-corrected chi connectivity index (χ0v) is 24.0. The van der Waals surface area contributed by atoms with Gasteiger partial charge >= 0.3 is 0 Å². The summed E-state index contributed by atoms with van der Waals surface area (Å²) in [6.45, 7) is 8.39. The lowest BCUT2D eigenvalue weighted by Crippen LogP contribution is -2.26. The standard InChI is InChI=1S/C30H35FN4O3Si/c1-34(19-24-17-32-16-23-18-33-35(29(23)24)20-37-12-13-39(2,3)4)30(36)22-8-11-27(21-6-5-7-25(31)14-21)28(15-22)38-26-9-10-26/h5-8,11,14-18,26H,9-10,12-13,19-20H2,1-4H3. The second kappa shape index (κ2) is 11.3. The molecular weight excluding hydrogens is 511 g/mol. The lowest BCUT2D eigenvalue weighted by Gasteiger charge is -2.20. The topological polar surface area (TPSA) is 69.5 Å². The Morgan fingerprint density at radius 3 is 2.69 bits per heavy atom. The molecule has 39 heavy (non-hydrogen) atoms. The van der Waals surface area contributed by atoms with Crippen LogP contribution in [0.2, 0.25) is 25.7 Å². The molecule has 1 fully saturated rings. The maximum Gasteiger partial charge on any atom is 0.254 e. The van der Waals surface area contributed by atoms with Gasteiger partial charge in [-0.25, -0.2) is 9.07 Å². The van der Waals surface area contributed by atoms with Crippen LogP contribution in [0.3, 0.4) is 0 Å². The van der Waals surface area contributed by atoms with Gasteiger partial charge < -0.3 is 14.4 Å². The quantitative estimate of drug-likeness (QED) is 0.162. The Bertz CT molecular complexity index is 1480. The molecule has 0 aliphatic heterocycles. The zero-order chi connectivity index (χ0) is 27.6. The minimum absolute atomic E-state index is 0.136. The Morgan fingerprint density at radius 1 is 1.13 bits per heavy atom. The van der Waals surface area contributed by atoms with E-state index in [0.717, 1.165) is 46.5 Å². The van der Waals surface area contributed by atoms with Crippen molar-refractivity contribution in [2.24, 2.45) is 0 Å². The van der Waals surface area contributed by atoms with Crippen molar-refractivity contribution < 1.29 is 18.7 Å². The molecule has 0 N–H and O–H groups in total. The van der Waals surface area contributed by atoms with Gasteiger partial charge in [-0.15, -0.1) is 0 Å². The van der Waals surface area contributed by atoms with Gasteiger partial charge in [0.2, 0.25) is 0 Å². The maximum atomic E-state index is 13.9. The van der Waals surface area contributed by atoms with E-state index >= 15 is 0 Å². The molecule has 0 atom stereocenters. The fourth-order valence-corrected chi connectivity index (χ4v) is 5.17. The molecule has 7 nitrogen and oxygen atoms in total. The fraction of sp³-hybridized carbons (Fsp3) is 0.367. The van der Waals surface area contributed by atoms with Crippen LogP contribution in [0.1, 0.15) is 28.8 Å². The van der Waals surface area contributed by atoms with Crippen molar-refractivity contribution in [3.8, 4) is 16.9 Å². The summed E-state index contributed by atoms with van der Waals surface area (Å²) < 4.78 is 27.8. The van der Waals surface area contributed by atoms with Gasteiger partial charge in [-0.2, -0.15) is 5.10 Å². The van der Waals surface area contributed by atoms with Crippen LogP contribution in [-0.2, 0) is 18.0 Å². The van der Waals surface area contributed by atoms with Crippen molar-refractivity contribution in [3.63, 3.8) is 0 Å². The van der Waals surface area contributed by atoms with E-state index in [4.69, 9.17) is 9.47 Å². The number of hydrogen-bond donors (Lipinski definition) is 0. The molecule has 0 radical (unpaired) electrons. The molecule has 9 heteroatoms. The molecule has 1 aliphatic carbocycles. The number of hydrogen-bond acceptors (Lipinski definition) is 5. The third-order valence-corrected chi connectivity index (χ3v) is 8.47. The van der Waals surface area contributed by atoms with E-state index in [0.29, 0.717) is 31.2 Å². The second-order valence-corrected chi connectivity index (χ2v) is 17.0. The Labute approximate surface area is 229 Å². The number of halogens is 1. The molecule has 0 saturated heterocycles. The number of amides is 1. The number of pyridine rings is 1. The van der Waals surface area contributed by atoms with Crippen molar-refractivity contribution in [1.82, 2.24) is 19.7 Å². The van der Waals surface area contributed by atoms with Crippen LogP contribution in [0.15, 0.2) is 61.1 Å². The van der Waals surface area contributed by atoms with Crippen LogP contribution in [0, 0.1) is 5.82 Å². The highest BCUT2D eigenvalue weighted by molar-refractivity contribution is 6.76. The fourth-order valence-electron chi connectivity index (χ4n) is 4.42. The van der Waals surface area contributed by atoms with Crippen LogP contribution in [0.25, 0.3) is 22.0 Å². The third kappa shape index (κ3) is 6.72. The van der Waals surface area contributed by atoms with Crippen molar-refractivity contribution in [2.45, 2.75) is 57.9 Å². The minimum Gasteiger partial charge on any atom is -0.490 e. The van der Waals surface area contributed by atoms with E-state index in [2.05, 4.69) is 29.7 Å². The van der Waals surface area contributed by atoms with E-state index in [1.54, 1.807) is 48.7 Å². The number of fused-ring (bicyclic) bond motifs is 1. The molecule has 0 spiro atoms. The molecule has 2 heterocycles. The van der Waals surface area contributed by atoms with Crippen molar-refractivity contribution >= 4 is 24.9 Å². The monoisotopic (exact) mass is 546 g/mol. The summed E-state index contributed by atoms with van der Waals surface area (Å²) in [5.41, 5.74) is 3.80. The molecule has 0 bridgehead atoms. The molecule has 5 rings (SSSR count). The SMILES string of the molecule is CN(Cc1cncc2cnn(COCC[Si](C)(C)C)c12)C(=O)c1ccc(-c2cccc(F)c2)c(OC2CC2)c1. The number of carbonyl (C=O) groups excluding carboxylic acids is 1. The molecule has 1 saturated carbocycles. The number of aromatic nitrogens is 3. The first-order valence-electron chi connectivity index (χ1n) is 13.4. The number of ether oxygens (including phenoxy) is 2. The second-order valence-electron chi connectivity index (χ2n) is 11.4. The molecular formula is C30H35FN4O3Si. The summed E-state index contributed by atoms with van der Waals surface area (Å²) in [7, 11) is 0.592. The molecule has 0 unspecified atom stereocenters. The predicted molar refractivity (Wildman–Crippen MR) is 153 cm³/mol. The van der Waals surface area contributed by atoms with E-state index in [1.165, 1.54) is 12.1 Å². The van der Waals surface area contributed by atoms with Gasteiger partial charge in [0.1, 0.15) is 18.3 Å². The van der Waals surface area contributed by atoms with E-state index in [1.807, 2.05) is 16.8 Å². The van der Waals surface area contributed by atoms with E-state index < -0.39 is 8.07 Å². The number of rotatable bonds is 11. The van der Waals surface area contributed by atoms with Gasteiger partial charge in [0.25, 0.3) is 5.91 Å². The van der Waals surface area contributed by atoms with Crippen LogP contribution < -0.4 is 4.74 Å². The summed E-state index contributed by atoms with van der Waals surface area (Å²) in [5, 5.41) is 5.41. The van der Waals surface area contributed by atoms with Crippen molar-refractivity contribution in [2.75, 3.05) is 13.7 Å². The smallest absolute Gasteiger partial charge is 0.254 e. The Hall–Kier alpha value is -3.56. The van der Waals surface area contributed by atoms with Gasteiger partial charge in [0.15, 0.2) is 0 Å². The largest absolute Gasteiger partial charge is 0.490 e. The van der Waals surface area contributed by atoms with Gasteiger partial charge in [-0.3, -0.25) is 9.78 Å². The highest BCUT2D eigenvalue weighted by Gasteiger charge is 2.26. The van der Waals surface area contributed by atoms with Gasteiger partial charge in [0.05, 0.1) is 17.8 Å². The summed E-state index contributed by atoms with van der Waals surface area (Å²) in [4.78, 5) is 19.5.